The van der Waals surface area contributed by atoms with Crippen LogP contribution in [0.25, 0.3) is 6.08 Å². The van der Waals surface area contributed by atoms with Gasteiger partial charge in [-0.25, -0.2) is 0 Å². The topological polar surface area (TPSA) is 111 Å². The zero-order valence-electron chi connectivity index (χ0n) is 19.7. The Morgan fingerprint density at radius 2 is 1.83 bits per heavy atom. The Hall–Kier alpha value is -3.79. The summed E-state index contributed by atoms with van der Waals surface area (Å²) in [5.41, 5.74) is 2.29. The Morgan fingerprint density at radius 1 is 1.03 bits per heavy atom. The third-order valence-electron chi connectivity index (χ3n) is 4.69. The smallest absolute Gasteiger partial charge is 0.326 e. The van der Waals surface area contributed by atoms with E-state index in [9.17, 15) is 19.2 Å². The van der Waals surface area contributed by atoms with E-state index < -0.39 is 23.7 Å². The van der Waals surface area contributed by atoms with Crippen LogP contribution in [0.1, 0.15) is 25.0 Å². The summed E-state index contributed by atoms with van der Waals surface area (Å²) in [5.74, 6) is -0.798. The second-order valence-electron chi connectivity index (χ2n) is 7.42. The minimum absolute atomic E-state index is 0.160. The van der Waals surface area contributed by atoms with Crippen molar-refractivity contribution in [3.05, 3.63) is 58.5 Å². The van der Waals surface area contributed by atoms with Crippen LogP contribution < -0.4 is 14.8 Å². The summed E-state index contributed by atoms with van der Waals surface area (Å²) in [6.07, 6.45) is 1.53. The quantitative estimate of drug-likeness (QED) is 0.386. The molecule has 0 unspecified atom stereocenters. The van der Waals surface area contributed by atoms with Crippen molar-refractivity contribution in [3.63, 3.8) is 0 Å². The Kier molecular flexibility index (Phi) is 8.91. The van der Waals surface area contributed by atoms with Crippen molar-refractivity contribution in [2.45, 2.75) is 20.8 Å². The lowest BCUT2D eigenvalue weighted by Gasteiger charge is -2.13. The summed E-state index contributed by atoms with van der Waals surface area (Å²) in [5, 5.41) is 2.23. The number of carbonyl (C=O) groups excluding carboxylic acids is 4. The molecule has 35 heavy (non-hydrogen) atoms. The number of nitrogens with zero attached hydrogens (tertiary/aromatic N) is 1. The number of benzene rings is 2. The second kappa shape index (κ2) is 12.1. The normalized spacial score (nSPS) is 14.3. The van der Waals surface area contributed by atoms with Crippen LogP contribution in [0, 0.1) is 6.92 Å². The maximum atomic E-state index is 12.6. The van der Waals surface area contributed by atoms with E-state index in [1.807, 2.05) is 32.0 Å². The zero-order chi connectivity index (χ0) is 25.4. The highest BCUT2D eigenvalue weighted by Crippen LogP contribution is 2.34. The van der Waals surface area contributed by atoms with Gasteiger partial charge in [-0.1, -0.05) is 18.2 Å². The van der Waals surface area contributed by atoms with Crippen LogP contribution in [0.3, 0.4) is 0 Å². The largest absolute Gasteiger partial charge is 0.490 e. The Morgan fingerprint density at radius 3 is 2.54 bits per heavy atom. The number of thioether (sulfide) groups is 1. The first-order valence-electron chi connectivity index (χ1n) is 11.0. The summed E-state index contributed by atoms with van der Waals surface area (Å²) in [4.78, 5) is 49.8. The van der Waals surface area contributed by atoms with Gasteiger partial charge in [-0.3, -0.25) is 24.1 Å². The van der Waals surface area contributed by atoms with Crippen LogP contribution in [0.2, 0.25) is 0 Å². The molecule has 2 aromatic rings. The van der Waals surface area contributed by atoms with Gasteiger partial charge >= 0.3 is 5.97 Å². The van der Waals surface area contributed by atoms with Crippen LogP contribution in [-0.2, 0) is 19.1 Å². The lowest BCUT2D eigenvalue weighted by molar-refractivity contribution is -0.146. The Balaban J connectivity index is 1.69. The van der Waals surface area contributed by atoms with Gasteiger partial charge in [0.2, 0.25) is 0 Å². The predicted molar refractivity (Wildman–Crippen MR) is 132 cm³/mol. The molecule has 3 rings (SSSR count). The van der Waals surface area contributed by atoms with Gasteiger partial charge in [0.05, 0.1) is 18.1 Å². The lowest BCUT2D eigenvalue weighted by Crippen LogP contribution is -2.34. The molecule has 0 atom stereocenters. The number of aryl methyl sites for hydroxylation is 1. The summed E-state index contributed by atoms with van der Waals surface area (Å²) < 4.78 is 16.1. The van der Waals surface area contributed by atoms with Gasteiger partial charge in [0.15, 0.2) is 18.1 Å². The average Bonchev–Trinajstić information content (AvgIpc) is 3.06. The summed E-state index contributed by atoms with van der Waals surface area (Å²) in [6.45, 7) is 5.24. The molecule has 1 aliphatic heterocycles. The molecule has 1 aliphatic rings. The molecule has 10 heteroatoms. The van der Waals surface area contributed by atoms with Gasteiger partial charge in [0, 0.05) is 5.69 Å². The Bertz CT molecular complexity index is 1160. The van der Waals surface area contributed by atoms with Gasteiger partial charge in [-0.15, -0.1) is 0 Å². The number of hydrogen-bond acceptors (Lipinski definition) is 8. The molecule has 0 bridgehead atoms. The highest BCUT2D eigenvalue weighted by Gasteiger charge is 2.36. The van der Waals surface area contributed by atoms with Gasteiger partial charge < -0.3 is 19.5 Å². The molecule has 1 N–H and O–H groups in total. The standard InChI is InChI=1S/C25H26N2O7S/c1-4-32-20-12-17(13-21-24(30)27(25(31)35-21)14-23(29)33-5-2)9-10-19(20)34-15-22(28)26-18-8-6-7-16(3)11-18/h6-13H,4-5,14-15H2,1-3H3,(H,26,28)/b21-13-. The van der Waals surface area contributed by atoms with E-state index >= 15 is 0 Å². The number of imide groups is 1. The predicted octanol–water partition coefficient (Wildman–Crippen LogP) is 4.01. The molecule has 1 fully saturated rings. The fourth-order valence-electron chi connectivity index (χ4n) is 3.19. The molecular formula is C25H26N2O7S. The van der Waals surface area contributed by atoms with E-state index in [1.165, 1.54) is 6.08 Å². The van der Waals surface area contributed by atoms with Crippen LogP contribution in [0.5, 0.6) is 11.5 Å². The molecule has 1 saturated heterocycles. The molecule has 184 valence electrons. The van der Waals surface area contributed by atoms with Crippen molar-refractivity contribution in [2.75, 3.05) is 31.7 Å². The number of amides is 3. The Labute approximate surface area is 207 Å². The summed E-state index contributed by atoms with van der Waals surface area (Å²) in [7, 11) is 0. The first kappa shape index (κ1) is 25.8. The second-order valence-corrected chi connectivity index (χ2v) is 8.41. The number of hydrogen-bond donors (Lipinski definition) is 1. The van der Waals surface area contributed by atoms with E-state index in [0.717, 1.165) is 22.2 Å². The minimum atomic E-state index is -0.650. The van der Waals surface area contributed by atoms with Crippen molar-refractivity contribution in [2.24, 2.45) is 0 Å². The van der Waals surface area contributed by atoms with Crippen LogP contribution in [-0.4, -0.2) is 54.3 Å². The number of rotatable bonds is 10. The molecular weight excluding hydrogens is 472 g/mol. The molecule has 0 aliphatic carbocycles. The number of esters is 1. The highest BCUT2D eigenvalue weighted by molar-refractivity contribution is 8.18. The van der Waals surface area contributed by atoms with E-state index in [0.29, 0.717) is 29.4 Å². The summed E-state index contributed by atoms with van der Waals surface area (Å²) >= 11 is 0.742. The van der Waals surface area contributed by atoms with Crippen molar-refractivity contribution in [1.29, 1.82) is 0 Å². The van der Waals surface area contributed by atoms with Crippen LogP contribution in [0.15, 0.2) is 47.4 Å². The molecule has 0 aromatic heterocycles. The maximum Gasteiger partial charge on any atom is 0.326 e. The van der Waals surface area contributed by atoms with Gasteiger partial charge in [0.25, 0.3) is 17.1 Å². The van der Waals surface area contributed by atoms with Crippen molar-refractivity contribution >= 4 is 46.5 Å². The van der Waals surface area contributed by atoms with Crippen molar-refractivity contribution in [1.82, 2.24) is 4.90 Å². The third-order valence-corrected chi connectivity index (χ3v) is 5.60. The van der Waals surface area contributed by atoms with Crippen LogP contribution in [0.4, 0.5) is 10.5 Å². The minimum Gasteiger partial charge on any atom is -0.490 e. The van der Waals surface area contributed by atoms with E-state index in [-0.39, 0.29) is 24.0 Å². The molecule has 1 heterocycles. The molecule has 0 radical (unpaired) electrons. The number of anilines is 1. The van der Waals surface area contributed by atoms with Crippen LogP contribution >= 0.6 is 11.8 Å². The first-order chi connectivity index (χ1) is 16.8. The number of nitrogens with one attached hydrogen (secondary N) is 1. The van der Waals surface area contributed by atoms with E-state index in [4.69, 9.17) is 14.2 Å². The zero-order valence-corrected chi connectivity index (χ0v) is 20.5. The maximum absolute atomic E-state index is 12.6. The molecule has 2 aromatic carbocycles. The number of carbonyl (C=O) groups is 4. The van der Waals surface area contributed by atoms with Gasteiger partial charge in [-0.2, -0.15) is 0 Å². The third kappa shape index (κ3) is 7.10. The fraction of sp³-hybridized carbons (Fsp3) is 0.280. The molecule has 0 saturated carbocycles. The highest BCUT2D eigenvalue weighted by atomic mass is 32.2. The molecule has 3 amide bonds. The van der Waals surface area contributed by atoms with Crippen molar-refractivity contribution < 1.29 is 33.4 Å². The summed E-state index contributed by atoms with van der Waals surface area (Å²) in [6, 6.07) is 12.4. The fourth-order valence-corrected chi connectivity index (χ4v) is 4.03. The van der Waals surface area contributed by atoms with E-state index in [2.05, 4.69) is 5.32 Å². The van der Waals surface area contributed by atoms with E-state index in [1.54, 1.807) is 31.2 Å². The molecule has 9 nitrogen and oxygen atoms in total. The molecule has 0 spiro atoms. The van der Waals surface area contributed by atoms with Gasteiger partial charge in [0.1, 0.15) is 6.54 Å². The average molecular weight is 499 g/mol. The SMILES string of the molecule is CCOC(=O)CN1C(=O)S/C(=C\c2ccc(OCC(=O)Nc3cccc(C)c3)c(OCC)c2)C1=O. The van der Waals surface area contributed by atoms with Crippen molar-refractivity contribution in [3.8, 4) is 11.5 Å². The first-order valence-corrected chi connectivity index (χ1v) is 11.8. The monoisotopic (exact) mass is 498 g/mol. The lowest BCUT2D eigenvalue weighted by atomic mass is 10.2. The van der Waals surface area contributed by atoms with Gasteiger partial charge in [-0.05, 0) is 74.0 Å². The number of ether oxygens (including phenoxy) is 3.